The highest BCUT2D eigenvalue weighted by atomic mass is 35.5. The first-order chi connectivity index (χ1) is 15.8. The number of carbonyl (C=O) groups excluding carboxylic acids is 2. The third kappa shape index (κ3) is 6.21. The Bertz CT molecular complexity index is 1230. The molecule has 0 aliphatic rings. The molecule has 3 rings (SSSR count). The first kappa shape index (κ1) is 24.5. The number of halogens is 1. The third-order valence-electron chi connectivity index (χ3n) is 4.81. The van der Waals surface area contributed by atoms with Gasteiger partial charge >= 0.3 is 0 Å². The number of aryl methyl sites for hydroxylation is 1. The molecule has 2 amide bonds. The average molecular weight is 486 g/mol. The van der Waals surface area contributed by atoms with E-state index in [9.17, 15) is 14.4 Å². The van der Waals surface area contributed by atoms with Gasteiger partial charge in [0, 0.05) is 22.7 Å². The Morgan fingerprint density at radius 3 is 2.55 bits per heavy atom. The molecule has 0 saturated heterocycles. The molecule has 3 N–H and O–H groups in total. The van der Waals surface area contributed by atoms with Crippen LogP contribution in [0.15, 0.2) is 52.4 Å². The van der Waals surface area contributed by atoms with Crippen LogP contribution in [-0.4, -0.2) is 32.2 Å². The maximum atomic E-state index is 12.7. The van der Waals surface area contributed by atoms with Gasteiger partial charge in [0.2, 0.25) is 11.8 Å². The number of para-hydroxylation sites is 1. The summed E-state index contributed by atoms with van der Waals surface area (Å²) >= 11 is 7.25. The van der Waals surface area contributed by atoms with Crippen molar-refractivity contribution in [2.75, 3.05) is 10.6 Å². The number of aromatic nitrogens is 3. The number of rotatable bonds is 8. The summed E-state index contributed by atoms with van der Waals surface area (Å²) in [6.45, 7) is 5.49. The Kier molecular flexibility index (Phi) is 8.24. The van der Waals surface area contributed by atoms with Crippen LogP contribution in [0, 0.1) is 6.92 Å². The van der Waals surface area contributed by atoms with E-state index >= 15 is 0 Å². The quantitative estimate of drug-likeness (QED) is 0.400. The molecule has 0 aliphatic carbocycles. The lowest BCUT2D eigenvalue weighted by Gasteiger charge is -2.14. The molecule has 0 aliphatic heterocycles. The number of nitrogens with zero attached hydrogens (tertiary/aromatic N) is 2. The summed E-state index contributed by atoms with van der Waals surface area (Å²) in [4.78, 5) is 40.0. The number of nitrogens with one attached hydrogen (secondary N) is 3. The second-order valence-electron chi connectivity index (χ2n) is 7.22. The molecular weight excluding hydrogens is 462 g/mol. The van der Waals surface area contributed by atoms with E-state index in [4.69, 9.17) is 11.6 Å². The molecule has 10 heteroatoms. The van der Waals surface area contributed by atoms with Crippen molar-refractivity contribution in [2.45, 2.75) is 44.0 Å². The van der Waals surface area contributed by atoms with Gasteiger partial charge < -0.3 is 10.6 Å². The summed E-state index contributed by atoms with van der Waals surface area (Å²) in [6.07, 6.45) is 0.814. The van der Waals surface area contributed by atoms with Crippen LogP contribution in [-0.2, 0) is 9.59 Å². The molecule has 0 saturated carbocycles. The van der Waals surface area contributed by atoms with Gasteiger partial charge in [0.1, 0.15) is 0 Å². The fourth-order valence-corrected chi connectivity index (χ4v) is 3.96. The number of carbonyl (C=O) groups is 2. The summed E-state index contributed by atoms with van der Waals surface area (Å²) in [7, 11) is 0. The van der Waals surface area contributed by atoms with E-state index < -0.39 is 10.8 Å². The van der Waals surface area contributed by atoms with E-state index in [1.54, 1.807) is 43.3 Å². The summed E-state index contributed by atoms with van der Waals surface area (Å²) < 4.78 is 0. The van der Waals surface area contributed by atoms with Crippen molar-refractivity contribution in [3.63, 3.8) is 0 Å². The van der Waals surface area contributed by atoms with Gasteiger partial charge in [0.05, 0.1) is 10.9 Å². The van der Waals surface area contributed by atoms with Crippen molar-refractivity contribution in [3.05, 3.63) is 63.4 Å². The Morgan fingerprint density at radius 1 is 1.12 bits per heavy atom. The summed E-state index contributed by atoms with van der Waals surface area (Å²) in [5.41, 5.74) is 2.07. The number of benzene rings is 2. The SMILES string of the molecule is CCC(=O)Nc1ccccc1-c1nnc(S[C@@H](CC)C(=O)Nc2ccc(C)c(Cl)c2)[nH]c1=O. The molecule has 1 atom stereocenters. The molecule has 2 aromatic carbocycles. The minimum atomic E-state index is -0.503. The molecule has 0 fully saturated rings. The van der Waals surface area contributed by atoms with E-state index in [0.717, 1.165) is 17.3 Å². The van der Waals surface area contributed by atoms with Crippen LogP contribution < -0.4 is 16.2 Å². The van der Waals surface area contributed by atoms with Gasteiger partial charge in [0.15, 0.2) is 10.9 Å². The topological polar surface area (TPSA) is 117 Å². The van der Waals surface area contributed by atoms with E-state index in [0.29, 0.717) is 34.8 Å². The van der Waals surface area contributed by atoms with Gasteiger partial charge in [-0.3, -0.25) is 19.4 Å². The highest BCUT2D eigenvalue weighted by Crippen LogP contribution is 2.27. The molecule has 1 heterocycles. The Morgan fingerprint density at radius 2 is 1.88 bits per heavy atom. The van der Waals surface area contributed by atoms with Crippen molar-refractivity contribution in [1.29, 1.82) is 0 Å². The van der Waals surface area contributed by atoms with Crippen molar-refractivity contribution in [2.24, 2.45) is 0 Å². The molecule has 0 unspecified atom stereocenters. The summed E-state index contributed by atoms with van der Waals surface area (Å²) in [6, 6.07) is 12.2. The van der Waals surface area contributed by atoms with Gasteiger partial charge in [-0.05, 0) is 37.1 Å². The fourth-order valence-electron chi connectivity index (χ4n) is 2.94. The van der Waals surface area contributed by atoms with E-state index in [1.165, 1.54) is 0 Å². The smallest absolute Gasteiger partial charge is 0.278 e. The lowest BCUT2D eigenvalue weighted by Crippen LogP contribution is -2.25. The lowest BCUT2D eigenvalue weighted by atomic mass is 10.1. The van der Waals surface area contributed by atoms with Crippen LogP contribution in [0.4, 0.5) is 11.4 Å². The number of anilines is 2. The maximum Gasteiger partial charge on any atom is 0.278 e. The van der Waals surface area contributed by atoms with E-state index in [-0.39, 0.29) is 22.7 Å². The van der Waals surface area contributed by atoms with Crippen LogP contribution in [0.5, 0.6) is 0 Å². The Balaban J connectivity index is 1.78. The number of hydrogen-bond donors (Lipinski definition) is 3. The maximum absolute atomic E-state index is 12.7. The first-order valence-corrected chi connectivity index (χ1v) is 11.7. The van der Waals surface area contributed by atoms with Crippen molar-refractivity contribution < 1.29 is 9.59 Å². The molecule has 3 aromatic rings. The standard InChI is InChI=1S/C23H24ClN5O3S/c1-4-18(21(31)25-14-11-10-13(3)16(24)12-14)33-23-27-22(32)20(28-29-23)15-8-6-7-9-17(15)26-19(30)5-2/h6-12,18H,4-5H2,1-3H3,(H,25,31)(H,26,30)(H,27,29,32)/t18-/m0/s1. The van der Waals surface area contributed by atoms with Gasteiger partial charge in [-0.1, -0.05) is 61.5 Å². The largest absolute Gasteiger partial charge is 0.325 e. The predicted octanol–water partition coefficient (Wildman–Crippen LogP) is 4.65. The number of aromatic amines is 1. The van der Waals surface area contributed by atoms with Gasteiger partial charge in [-0.2, -0.15) is 0 Å². The Hall–Kier alpha value is -3.17. The van der Waals surface area contributed by atoms with Crippen LogP contribution in [0.2, 0.25) is 5.02 Å². The molecular formula is C23H24ClN5O3S. The molecule has 0 radical (unpaired) electrons. The van der Waals surface area contributed by atoms with Crippen molar-refractivity contribution >= 4 is 46.6 Å². The lowest BCUT2D eigenvalue weighted by molar-refractivity contribution is -0.116. The number of amides is 2. The van der Waals surface area contributed by atoms with Crippen LogP contribution in [0.3, 0.4) is 0 Å². The van der Waals surface area contributed by atoms with Gasteiger partial charge in [-0.15, -0.1) is 10.2 Å². The van der Waals surface area contributed by atoms with E-state index in [2.05, 4.69) is 25.8 Å². The molecule has 172 valence electrons. The average Bonchev–Trinajstić information content (AvgIpc) is 2.80. The van der Waals surface area contributed by atoms with Crippen molar-refractivity contribution in [3.8, 4) is 11.3 Å². The van der Waals surface area contributed by atoms with Crippen molar-refractivity contribution in [1.82, 2.24) is 15.2 Å². The molecule has 33 heavy (non-hydrogen) atoms. The highest BCUT2D eigenvalue weighted by molar-refractivity contribution is 8.00. The van der Waals surface area contributed by atoms with Crippen LogP contribution in [0.25, 0.3) is 11.3 Å². The normalized spacial score (nSPS) is 11.6. The number of H-pyrrole nitrogens is 1. The molecule has 0 bridgehead atoms. The minimum absolute atomic E-state index is 0.0816. The molecule has 8 nitrogen and oxygen atoms in total. The molecule has 1 aromatic heterocycles. The second kappa shape index (κ2) is 11.1. The number of hydrogen-bond acceptors (Lipinski definition) is 6. The van der Waals surface area contributed by atoms with Gasteiger partial charge in [-0.25, -0.2) is 0 Å². The zero-order valence-corrected chi connectivity index (χ0v) is 20.0. The highest BCUT2D eigenvalue weighted by Gasteiger charge is 2.21. The monoisotopic (exact) mass is 485 g/mol. The fraction of sp³-hybridized carbons (Fsp3) is 0.261. The molecule has 0 spiro atoms. The first-order valence-electron chi connectivity index (χ1n) is 10.4. The third-order valence-corrected chi connectivity index (χ3v) is 6.46. The second-order valence-corrected chi connectivity index (χ2v) is 8.82. The van der Waals surface area contributed by atoms with Crippen LogP contribution in [0.1, 0.15) is 32.3 Å². The van der Waals surface area contributed by atoms with E-state index in [1.807, 2.05) is 19.9 Å². The zero-order valence-electron chi connectivity index (χ0n) is 18.4. The summed E-state index contributed by atoms with van der Waals surface area (Å²) in [5.74, 6) is -0.410. The van der Waals surface area contributed by atoms with Gasteiger partial charge in [0.25, 0.3) is 5.56 Å². The number of thioether (sulfide) groups is 1. The minimum Gasteiger partial charge on any atom is -0.325 e. The van der Waals surface area contributed by atoms with Crippen LogP contribution >= 0.6 is 23.4 Å². The Labute approximate surface area is 200 Å². The summed E-state index contributed by atoms with van der Waals surface area (Å²) in [5, 5.41) is 14.1. The predicted molar refractivity (Wildman–Crippen MR) is 132 cm³/mol. The zero-order chi connectivity index (χ0) is 24.0.